The maximum Gasteiger partial charge on any atom is 0.416 e. The predicted octanol–water partition coefficient (Wildman–Crippen LogP) is 5.12. The van der Waals surface area contributed by atoms with E-state index in [1.54, 1.807) is 30.3 Å². The van der Waals surface area contributed by atoms with Gasteiger partial charge in [0.1, 0.15) is 0 Å². The molecule has 0 aliphatic rings. The molecule has 0 aliphatic carbocycles. The molecule has 0 radical (unpaired) electrons. The van der Waals surface area contributed by atoms with Crippen molar-refractivity contribution >= 4 is 5.78 Å². The van der Waals surface area contributed by atoms with Gasteiger partial charge in [-0.2, -0.15) is 13.2 Å². The fourth-order valence-corrected chi connectivity index (χ4v) is 2.74. The van der Waals surface area contributed by atoms with E-state index in [2.05, 4.69) is 0 Å². The zero-order valence-electron chi connectivity index (χ0n) is 14.3. The lowest BCUT2D eigenvalue weighted by Crippen LogP contribution is -2.39. The van der Waals surface area contributed by atoms with Crippen molar-refractivity contribution in [1.82, 2.24) is 0 Å². The lowest BCUT2D eigenvalue weighted by Gasteiger charge is -2.26. The average molecular weight is 365 g/mol. The first kappa shape index (κ1) is 19.6. The molecule has 2 rings (SSSR count). The molecular weight excluding hydrogens is 347 g/mol. The van der Waals surface area contributed by atoms with Crippen LogP contribution in [-0.2, 0) is 6.18 Å². The molecule has 0 saturated heterocycles. The maximum atomic E-state index is 12.6. The lowest BCUT2D eigenvalue weighted by atomic mass is 9.78. The van der Waals surface area contributed by atoms with E-state index in [4.69, 9.17) is 0 Å². The number of hydrogen-bond donors (Lipinski definition) is 0. The third-order valence-electron chi connectivity index (χ3n) is 4.45. The zero-order valence-corrected chi connectivity index (χ0v) is 14.3. The maximum absolute atomic E-state index is 12.6. The smallest absolute Gasteiger partial charge is 0.294 e. The number of benzene rings is 2. The number of rotatable bonds is 6. The Labute approximate surface area is 148 Å². The number of Topliss-reactive ketones (excluding diaryl/α,β-unsaturated/α-hetero) is 1. The molecule has 7 heteroatoms. The van der Waals surface area contributed by atoms with Gasteiger partial charge in [0, 0.05) is 30.8 Å². The summed E-state index contributed by atoms with van der Waals surface area (Å²) in [6, 6.07) is 12.5. The highest BCUT2D eigenvalue weighted by molar-refractivity contribution is 5.96. The van der Waals surface area contributed by atoms with Gasteiger partial charge in [-0.3, -0.25) is 14.9 Å². The quantitative estimate of drug-likeness (QED) is 0.406. The summed E-state index contributed by atoms with van der Waals surface area (Å²) in [7, 11) is 0. The molecule has 0 heterocycles. The Morgan fingerprint density at radius 3 is 2.04 bits per heavy atom. The van der Waals surface area contributed by atoms with Crippen molar-refractivity contribution in [3.05, 3.63) is 81.4 Å². The molecule has 0 amide bonds. The van der Waals surface area contributed by atoms with E-state index in [9.17, 15) is 28.1 Å². The van der Waals surface area contributed by atoms with Crippen molar-refractivity contribution in [3.63, 3.8) is 0 Å². The topological polar surface area (TPSA) is 60.2 Å². The molecule has 0 N–H and O–H groups in total. The molecule has 0 fully saturated rings. The van der Waals surface area contributed by atoms with Crippen LogP contribution in [-0.4, -0.2) is 16.2 Å². The Hall–Kier alpha value is -2.70. The summed E-state index contributed by atoms with van der Waals surface area (Å²) < 4.78 is 37.9. The van der Waals surface area contributed by atoms with Crippen LogP contribution >= 0.6 is 0 Å². The monoisotopic (exact) mass is 365 g/mol. The van der Waals surface area contributed by atoms with Gasteiger partial charge in [-0.1, -0.05) is 42.5 Å². The van der Waals surface area contributed by atoms with Crippen molar-refractivity contribution in [3.8, 4) is 0 Å². The fraction of sp³-hybridized carbons (Fsp3) is 0.316. The van der Waals surface area contributed by atoms with E-state index < -0.39 is 33.9 Å². The fourth-order valence-electron chi connectivity index (χ4n) is 2.74. The minimum atomic E-state index is -4.48. The molecule has 0 spiro atoms. The minimum absolute atomic E-state index is 0.0954. The molecule has 0 saturated carbocycles. The number of hydrogen-bond acceptors (Lipinski definition) is 3. The molecule has 2 aromatic carbocycles. The van der Waals surface area contributed by atoms with Gasteiger partial charge in [0.05, 0.1) is 11.5 Å². The Kier molecular flexibility index (Phi) is 5.49. The van der Waals surface area contributed by atoms with Gasteiger partial charge in [0.2, 0.25) is 5.54 Å². The van der Waals surface area contributed by atoms with E-state index in [1.165, 1.54) is 13.8 Å². The summed E-state index contributed by atoms with van der Waals surface area (Å²) in [6.07, 6.45) is -4.66. The van der Waals surface area contributed by atoms with Gasteiger partial charge in [-0.05, 0) is 17.7 Å². The van der Waals surface area contributed by atoms with Crippen molar-refractivity contribution in [2.45, 2.75) is 37.9 Å². The van der Waals surface area contributed by atoms with Crippen LogP contribution in [0.1, 0.15) is 47.7 Å². The third kappa shape index (κ3) is 4.28. The van der Waals surface area contributed by atoms with E-state index in [0.717, 1.165) is 24.3 Å². The molecule has 4 nitrogen and oxygen atoms in total. The van der Waals surface area contributed by atoms with Crippen molar-refractivity contribution in [2.24, 2.45) is 0 Å². The normalized spacial score (nSPS) is 13.3. The summed E-state index contributed by atoms with van der Waals surface area (Å²) in [4.78, 5) is 23.6. The summed E-state index contributed by atoms with van der Waals surface area (Å²) >= 11 is 0. The van der Waals surface area contributed by atoms with E-state index in [1.807, 2.05) is 0 Å². The lowest BCUT2D eigenvalue weighted by molar-refractivity contribution is -0.565. The number of halogens is 3. The van der Waals surface area contributed by atoms with Gasteiger partial charge in [-0.25, -0.2) is 0 Å². The first-order chi connectivity index (χ1) is 12.0. The number of nitro groups is 1. The van der Waals surface area contributed by atoms with Crippen LogP contribution in [0.2, 0.25) is 0 Å². The molecular formula is C19H18F3NO3. The van der Waals surface area contributed by atoms with Crippen molar-refractivity contribution in [1.29, 1.82) is 0 Å². The number of ketones is 1. The second kappa shape index (κ2) is 7.27. The molecule has 0 bridgehead atoms. The second-order valence-corrected chi connectivity index (χ2v) is 6.58. The minimum Gasteiger partial charge on any atom is -0.294 e. The van der Waals surface area contributed by atoms with Crippen LogP contribution in [0.25, 0.3) is 0 Å². The standard InChI is InChI=1S/C19H18F3NO3/c1-18(2,23(25)26)16(13-6-4-3-5-7-13)12-17(24)14-8-10-15(11-9-14)19(20,21)22/h3-11,16H,12H2,1-2H3. The summed E-state index contributed by atoms with van der Waals surface area (Å²) in [5, 5.41) is 11.5. The summed E-state index contributed by atoms with van der Waals surface area (Å²) in [5.74, 6) is -1.16. The predicted molar refractivity (Wildman–Crippen MR) is 90.6 cm³/mol. The number of carbonyl (C=O) groups is 1. The van der Waals surface area contributed by atoms with Gasteiger partial charge >= 0.3 is 6.18 Å². The number of alkyl halides is 3. The van der Waals surface area contributed by atoms with Crippen LogP contribution in [0.3, 0.4) is 0 Å². The Morgan fingerprint density at radius 1 is 1.04 bits per heavy atom. The molecule has 2 aromatic rings. The SMILES string of the molecule is CC(C)(C(CC(=O)c1ccc(C(F)(F)F)cc1)c1ccccc1)[N+](=O)[O-]. The Bertz CT molecular complexity index is 784. The number of nitrogens with zero attached hydrogens (tertiary/aromatic N) is 1. The second-order valence-electron chi connectivity index (χ2n) is 6.58. The van der Waals surface area contributed by atoms with Crippen molar-refractivity contribution in [2.75, 3.05) is 0 Å². The Morgan fingerprint density at radius 2 is 1.58 bits per heavy atom. The third-order valence-corrected chi connectivity index (χ3v) is 4.45. The highest BCUT2D eigenvalue weighted by Crippen LogP contribution is 2.35. The molecule has 138 valence electrons. The van der Waals surface area contributed by atoms with Crippen molar-refractivity contribution < 1.29 is 22.9 Å². The molecule has 0 aromatic heterocycles. The average Bonchev–Trinajstić information content (AvgIpc) is 2.59. The highest BCUT2D eigenvalue weighted by atomic mass is 19.4. The summed E-state index contributed by atoms with van der Waals surface area (Å²) in [6.45, 7) is 2.87. The molecule has 0 aliphatic heterocycles. The van der Waals surface area contributed by atoms with Crippen LogP contribution in [0.4, 0.5) is 13.2 Å². The van der Waals surface area contributed by atoms with Crippen LogP contribution in [0.5, 0.6) is 0 Å². The van der Waals surface area contributed by atoms with Gasteiger partial charge in [0.25, 0.3) is 0 Å². The van der Waals surface area contributed by atoms with Gasteiger partial charge in [-0.15, -0.1) is 0 Å². The highest BCUT2D eigenvalue weighted by Gasteiger charge is 2.43. The van der Waals surface area contributed by atoms with E-state index in [0.29, 0.717) is 5.56 Å². The number of carbonyl (C=O) groups excluding carboxylic acids is 1. The van der Waals surface area contributed by atoms with E-state index in [-0.39, 0.29) is 12.0 Å². The van der Waals surface area contributed by atoms with Gasteiger partial charge < -0.3 is 0 Å². The Balaban J connectivity index is 2.31. The van der Waals surface area contributed by atoms with Crippen LogP contribution < -0.4 is 0 Å². The van der Waals surface area contributed by atoms with E-state index >= 15 is 0 Å². The molecule has 26 heavy (non-hydrogen) atoms. The largest absolute Gasteiger partial charge is 0.416 e. The van der Waals surface area contributed by atoms with Gasteiger partial charge in [0.15, 0.2) is 5.78 Å². The van der Waals surface area contributed by atoms with Crippen LogP contribution in [0.15, 0.2) is 54.6 Å². The summed E-state index contributed by atoms with van der Waals surface area (Å²) in [5.41, 5.74) is -1.53. The molecule has 1 unspecified atom stereocenters. The zero-order chi connectivity index (χ0) is 19.5. The first-order valence-corrected chi connectivity index (χ1v) is 7.93. The first-order valence-electron chi connectivity index (χ1n) is 7.93. The van der Waals surface area contributed by atoms with Crippen LogP contribution in [0, 0.1) is 10.1 Å². The molecule has 1 atom stereocenters.